The lowest BCUT2D eigenvalue weighted by Gasteiger charge is -2.11. The largest absolute Gasteiger partial charge is 0.492 e. The minimum absolute atomic E-state index is 0.535. The smallest absolute Gasteiger partial charge is 0.120 e. The van der Waals surface area contributed by atoms with Crippen molar-refractivity contribution >= 4 is 23.2 Å². The number of hydrogen-bond acceptors (Lipinski definition) is 2. The van der Waals surface area contributed by atoms with E-state index in [1.54, 1.807) is 12.1 Å². The summed E-state index contributed by atoms with van der Waals surface area (Å²) in [6, 6.07) is 5.34. The number of benzene rings is 1. The Hall–Kier alpha value is -0.440. The molecule has 100 valence electrons. The molecule has 0 aliphatic heterocycles. The maximum Gasteiger partial charge on any atom is 0.120 e. The van der Waals surface area contributed by atoms with Gasteiger partial charge in [-0.1, -0.05) is 36.0 Å². The van der Waals surface area contributed by atoms with Crippen molar-refractivity contribution in [2.75, 3.05) is 19.7 Å². The molecule has 4 heteroatoms. The Bertz CT molecular complexity index is 378. The first-order valence-corrected chi connectivity index (χ1v) is 7.30. The summed E-state index contributed by atoms with van der Waals surface area (Å²) in [4.78, 5) is 0. The lowest BCUT2D eigenvalue weighted by Crippen LogP contribution is -2.26. The van der Waals surface area contributed by atoms with Gasteiger partial charge in [0.05, 0.1) is 10.0 Å². The van der Waals surface area contributed by atoms with Gasteiger partial charge >= 0.3 is 0 Å². The Morgan fingerprint density at radius 1 is 1.17 bits per heavy atom. The fraction of sp³-hybridized carbons (Fsp3) is 0.571. The SMILES string of the molecule is Clc1ccc(OCCNCC2CCCC2)cc1Cl. The van der Waals surface area contributed by atoms with Gasteiger partial charge in [0, 0.05) is 12.6 Å². The molecule has 0 saturated heterocycles. The second-order valence-electron chi connectivity index (χ2n) is 4.78. The number of halogens is 2. The van der Waals surface area contributed by atoms with E-state index in [9.17, 15) is 0 Å². The van der Waals surface area contributed by atoms with Crippen molar-refractivity contribution in [1.29, 1.82) is 0 Å². The Kier molecular flexibility index (Phi) is 5.61. The molecule has 1 saturated carbocycles. The minimum atomic E-state index is 0.535. The molecule has 18 heavy (non-hydrogen) atoms. The fourth-order valence-electron chi connectivity index (χ4n) is 2.33. The van der Waals surface area contributed by atoms with Crippen molar-refractivity contribution in [3.8, 4) is 5.75 Å². The summed E-state index contributed by atoms with van der Waals surface area (Å²) in [5.74, 6) is 1.64. The van der Waals surface area contributed by atoms with Crippen molar-refractivity contribution in [3.05, 3.63) is 28.2 Å². The summed E-state index contributed by atoms with van der Waals surface area (Å²) in [6.45, 7) is 2.65. The maximum absolute atomic E-state index is 5.91. The van der Waals surface area contributed by atoms with Gasteiger partial charge in [-0.15, -0.1) is 0 Å². The zero-order valence-corrected chi connectivity index (χ0v) is 11.9. The molecule has 0 heterocycles. The molecule has 0 amide bonds. The van der Waals surface area contributed by atoms with Crippen LogP contribution >= 0.6 is 23.2 Å². The molecule has 1 fully saturated rings. The van der Waals surface area contributed by atoms with Crippen molar-refractivity contribution in [3.63, 3.8) is 0 Å². The van der Waals surface area contributed by atoms with Crippen LogP contribution in [-0.2, 0) is 0 Å². The predicted octanol–water partition coefficient (Wildman–Crippen LogP) is 4.15. The quantitative estimate of drug-likeness (QED) is 0.794. The van der Waals surface area contributed by atoms with Crippen molar-refractivity contribution in [1.82, 2.24) is 5.32 Å². The van der Waals surface area contributed by atoms with Gasteiger partial charge < -0.3 is 10.1 Å². The highest BCUT2D eigenvalue weighted by Crippen LogP contribution is 2.26. The lowest BCUT2D eigenvalue weighted by atomic mass is 10.1. The Morgan fingerprint density at radius 2 is 1.94 bits per heavy atom. The molecular weight excluding hydrogens is 269 g/mol. The van der Waals surface area contributed by atoms with E-state index in [1.165, 1.54) is 25.7 Å². The summed E-state index contributed by atoms with van der Waals surface area (Å²) in [7, 11) is 0. The second-order valence-corrected chi connectivity index (χ2v) is 5.59. The Balaban J connectivity index is 1.61. The first-order chi connectivity index (χ1) is 8.75. The highest BCUT2D eigenvalue weighted by atomic mass is 35.5. The van der Waals surface area contributed by atoms with Gasteiger partial charge in [0.25, 0.3) is 0 Å². The van der Waals surface area contributed by atoms with E-state index in [0.29, 0.717) is 16.7 Å². The van der Waals surface area contributed by atoms with Gasteiger partial charge in [-0.05, 0) is 37.4 Å². The van der Waals surface area contributed by atoms with Crippen LogP contribution < -0.4 is 10.1 Å². The zero-order valence-electron chi connectivity index (χ0n) is 10.4. The zero-order chi connectivity index (χ0) is 12.8. The van der Waals surface area contributed by atoms with Crippen LogP contribution in [0.4, 0.5) is 0 Å². The number of rotatable bonds is 6. The maximum atomic E-state index is 5.91. The summed E-state index contributed by atoms with van der Waals surface area (Å²) in [5.41, 5.74) is 0. The molecule has 0 atom stereocenters. The average Bonchev–Trinajstić information content (AvgIpc) is 2.86. The van der Waals surface area contributed by atoms with E-state index >= 15 is 0 Å². The number of hydrogen-bond donors (Lipinski definition) is 1. The highest BCUT2D eigenvalue weighted by Gasteiger charge is 2.13. The van der Waals surface area contributed by atoms with E-state index < -0.39 is 0 Å². The van der Waals surface area contributed by atoms with Crippen LogP contribution in [0.5, 0.6) is 5.75 Å². The van der Waals surface area contributed by atoms with Gasteiger partial charge in [0.1, 0.15) is 12.4 Å². The van der Waals surface area contributed by atoms with Crippen LogP contribution in [0.3, 0.4) is 0 Å². The average molecular weight is 288 g/mol. The highest BCUT2D eigenvalue weighted by molar-refractivity contribution is 6.42. The van der Waals surface area contributed by atoms with E-state index in [-0.39, 0.29) is 0 Å². The van der Waals surface area contributed by atoms with Gasteiger partial charge in [-0.2, -0.15) is 0 Å². The Morgan fingerprint density at radius 3 is 2.67 bits per heavy atom. The minimum Gasteiger partial charge on any atom is -0.492 e. The normalized spacial score (nSPS) is 16.1. The molecule has 1 aromatic carbocycles. The monoisotopic (exact) mass is 287 g/mol. The molecule has 0 unspecified atom stereocenters. The molecule has 0 bridgehead atoms. The van der Waals surface area contributed by atoms with Crippen LogP contribution in [0, 0.1) is 5.92 Å². The molecule has 1 aliphatic rings. The molecule has 0 spiro atoms. The third-order valence-electron chi connectivity index (χ3n) is 3.35. The van der Waals surface area contributed by atoms with E-state index in [0.717, 1.165) is 24.8 Å². The van der Waals surface area contributed by atoms with Crippen LogP contribution in [0.25, 0.3) is 0 Å². The molecule has 1 aliphatic carbocycles. The summed E-state index contributed by atoms with van der Waals surface area (Å²) in [6.07, 6.45) is 5.54. The summed E-state index contributed by atoms with van der Waals surface area (Å²) in [5, 5.41) is 4.53. The van der Waals surface area contributed by atoms with Crippen molar-refractivity contribution < 1.29 is 4.74 Å². The first-order valence-electron chi connectivity index (χ1n) is 6.54. The van der Waals surface area contributed by atoms with Crippen molar-refractivity contribution in [2.45, 2.75) is 25.7 Å². The predicted molar refractivity (Wildman–Crippen MR) is 76.8 cm³/mol. The second kappa shape index (κ2) is 7.22. The summed E-state index contributed by atoms with van der Waals surface area (Å²) >= 11 is 11.7. The van der Waals surface area contributed by atoms with Gasteiger partial charge in [0.15, 0.2) is 0 Å². The topological polar surface area (TPSA) is 21.3 Å². The third kappa shape index (κ3) is 4.34. The number of ether oxygens (including phenoxy) is 1. The van der Waals surface area contributed by atoms with Crippen LogP contribution in [-0.4, -0.2) is 19.7 Å². The van der Waals surface area contributed by atoms with Crippen LogP contribution in [0.2, 0.25) is 10.0 Å². The molecule has 0 aromatic heterocycles. The lowest BCUT2D eigenvalue weighted by molar-refractivity contribution is 0.309. The fourth-order valence-corrected chi connectivity index (χ4v) is 2.62. The third-order valence-corrected chi connectivity index (χ3v) is 4.09. The van der Waals surface area contributed by atoms with E-state index in [2.05, 4.69) is 5.32 Å². The van der Waals surface area contributed by atoms with Gasteiger partial charge in [-0.25, -0.2) is 0 Å². The van der Waals surface area contributed by atoms with E-state index in [4.69, 9.17) is 27.9 Å². The number of nitrogens with one attached hydrogen (secondary N) is 1. The molecule has 0 radical (unpaired) electrons. The van der Waals surface area contributed by atoms with Gasteiger partial charge in [0.2, 0.25) is 0 Å². The molecule has 2 rings (SSSR count). The first kappa shape index (κ1) is 14.0. The molecule has 2 nitrogen and oxygen atoms in total. The van der Waals surface area contributed by atoms with E-state index in [1.807, 2.05) is 6.07 Å². The van der Waals surface area contributed by atoms with Crippen LogP contribution in [0.1, 0.15) is 25.7 Å². The molecular formula is C14H19Cl2NO. The summed E-state index contributed by atoms with van der Waals surface area (Å²) < 4.78 is 5.60. The van der Waals surface area contributed by atoms with Gasteiger partial charge in [-0.3, -0.25) is 0 Å². The molecule has 1 N–H and O–H groups in total. The van der Waals surface area contributed by atoms with Crippen LogP contribution in [0.15, 0.2) is 18.2 Å². The standard InChI is InChI=1S/C14H19Cl2NO/c15-13-6-5-12(9-14(13)16)18-8-7-17-10-11-3-1-2-4-11/h5-6,9,11,17H,1-4,7-8,10H2. The molecule has 1 aromatic rings. The Labute approximate surface area is 119 Å². The van der Waals surface area contributed by atoms with Crippen molar-refractivity contribution in [2.24, 2.45) is 5.92 Å².